The van der Waals surface area contributed by atoms with Crippen LogP contribution in [0.4, 0.5) is 0 Å². The molecular weight excluding hydrogens is 820 g/mol. The lowest BCUT2D eigenvalue weighted by atomic mass is 9.34. The number of rotatable bonds is 2. The fourth-order valence-electron chi connectivity index (χ4n) is 12.0. The largest absolute Gasteiger partial charge is 0.458 e. The molecule has 4 nitrogen and oxygen atoms in total. The first-order valence-electron chi connectivity index (χ1n) is 22.8. The second kappa shape index (κ2) is 13.4. The number of hydrogen-bond acceptors (Lipinski definition) is 2. The third kappa shape index (κ3) is 4.78. The Hall–Kier alpha value is -8.32. The second-order valence-electron chi connectivity index (χ2n) is 18.0. The zero-order valence-electron chi connectivity index (χ0n) is 35.7. The average molecular weight is 857 g/mol. The molecule has 0 saturated carbocycles. The molecular formula is C60H37BN2O2Si. The van der Waals surface area contributed by atoms with Crippen molar-refractivity contribution in [3.05, 3.63) is 224 Å². The molecule has 0 spiro atoms. The molecule has 0 unspecified atom stereocenters. The van der Waals surface area contributed by atoms with Crippen molar-refractivity contribution in [1.82, 2.24) is 9.13 Å². The molecule has 0 N–H and O–H groups in total. The minimum Gasteiger partial charge on any atom is -0.458 e. The average Bonchev–Trinajstić information content (AvgIpc) is 3.90. The zero-order chi connectivity index (χ0) is 43.1. The number of ether oxygens (including phenoxy) is 2. The highest BCUT2D eigenvalue weighted by Gasteiger charge is 2.43. The second-order valence-corrected chi connectivity index (χ2v) is 21.8. The van der Waals surface area contributed by atoms with Crippen LogP contribution in [0.25, 0.3) is 66.1 Å². The number of benzene rings is 10. The van der Waals surface area contributed by atoms with Crippen LogP contribution in [0, 0.1) is 0 Å². The first kappa shape index (κ1) is 36.1. The molecule has 10 heterocycles. The zero-order valence-corrected chi connectivity index (χ0v) is 36.7. The van der Waals surface area contributed by atoms with Crippen LogP contribution >= 0.6 is 0 Å². The maximum Gasteiger partial charge on any atom is 0.260 e. The summed E-state index contributed by atoms with van der Waals surface area (Å²) in [7, 11) is -3.00. The minimum atomic E-state index is -3.00. The van der Waals surface area contributed by atoms with Gasteiger partial charge in [-0.15, -0.1) is 0 Å². The summed E-state index contributed by atoms with van der Waals surface area (Å²) in [5.41, 5.74) is 12.3. The fourth-order valence-corrected chi connectivity index (χ4v) is 16.8. The Balaban J connectivity index is 1.14. The van der Waals surface area contributed by atoms with Crippen molar-refractivity contribution in [3.63, 3.8) is 0 Å². The maximum atomic E-state index is 7.11. The molecule has 0 fully saturated rings. The Bertz CT molecular complexity index is 3970. The van der Waals surface area contributed by atoms with Crippen molar-refractivity contribution in [2.75, 3.05) is 0 Å². The van der Waals surface area contributed by atoms with Crippen molar-refractivity contribution < 1.29 is 9.47 Å². The molecule has 0 amide bonds. The van der Waals surface area contributed by atoms with Crippen molar-refractivity contribution in [3.8, 4) is 45.5 Å². The van der Waals surface area contributed by atoms with Crippen LogP contribution in [-0.2, 0) is 0 Å². The summed E-state index contributed by atoms with van der Waals surface area (Å²) < 4.78 is 19.0. The van der Waals surface area contributed by atoms with E-state index in [9.17, 15) is 0 Å². The highest BCUT2D eigenvalue weighted by Crippen LogP contribution is 2.43. The van der Waals surface area contributed by atoms with Gasteiger partial charge in [0.2, 0.25) is 0 Å². The number of fused-ring (bicyclic) bond motifs is 4. The van der Waals surface area contributed by atoms with E-state index in [1.807, 2.05) is 0 Å². The summed E-state index contributed by atoms with van der Waals surface area (Å²) >= 11 is 0. The molecule has 66 heavy (non-hydrogen) atoms. The molecule has 14 bridgehead atoms. The van der Waals surface area contributed by atoms with Crippen molar-refractivity contribution in [1.29, 1.82) is 0 Å². The van der Waals surface area contributed by atoms with Gasteiger partial charge < -0.3 is 18.6 Å². The van der Waals surface area contributed by atoms with E-state index in [-0.39, 0.29) is 6.71 Å². The first-order valence-corrected chi connectivity index (χ1v) is 24.8. The minimum absolute atomic E-state index is 0.0835. The van der Waals surface area contributed by atoms with Gasteiger partial charge in [-0.1, -0.05) is 176 Å². The van der Waals surface area contributed by atoms with E-state index in [4.69, 9.17) is 9.47 Å². The van der Waals surface area contributed by atoms with E-state index in [1.54, 1.807) is 0 Å². The van der Waals surface area contributed by atoms with Gasteiger partial charge in [0, 0.05) is 39.1 Å². The van der Waals surface area contributed by atoms with Gasteiger partial charge in [0.1, 0.15) is 23.0 Å². The predicted molar refractivity (Wildman–Crippen MR) is 275 cm³/mol. The van der Waals surface area contributed by atoms with Crippen LogP contribution in [0.2, 0.25) is 0 Å². The Morgan fingerprint density at radius 3 is 1.70 bits per heavy atom. The molecule has 2 aromatic heterocycles. The third-order valence-corrected chi connectivity index (χ3v) is 19.4. The topological polar surface area (TPSA) is 28.3 Å². The molecule has 6 heteroatoms. The predicted octanol–water partition coefficient (Wildman–Crippen LogP) is 9.97. The van der Waals surface area contributed by atoms with Gasteiger partial charge in [0.05, 0.1) is 33.4 Å². The van der Waals surface area contributed by atoms with Crippen LogP contribution in [0.3, 0.4) is 0 Å². The molecule has 8 aliphatic rings. The van der Waals surface area contributed by atoms with Gasteiger partial charge in [0.25, 0.3) is 6.71 Å². The molecule has 0 saturated heterocycles. The first-order chi connectivity index (χ1) is 32.7. The van der Waals surface area contributed by atoms with Crippen LogP contribution < -0.4 is 46.6 Å². The Kier molecular flexibility index (Phi) is 7.30. The molecule has 306 valence electrons. The Labute approximate surface area is 382 Å². The van der Waals surface area contributed by atoms with Crippen molar-refractivity contribution in [2.45, 2.75) is 0 Å². The highest BCUT2D eigenvalue weighted by atomic mass is 28.3. The molecule has 0 radical (unpaired) electrons. The van der Waals surface area contributed by atoms with Gasteiger partial charge >= 0.3 is 0 Å². The molecule has 20 rings (SSSR count). The molecule has 0 atom stereocenters. The van der Waals surface area contributed by atoms with Crippen LogP contribution in [0.1, 0.15) is 0 Å². The number of nitrogens with zero attached hydrogens (tertiary/aromatic N) is 2. The summed E-state index contributed by atoms with van der Waals surface area (Å²) in [5, 5.41) is 10.2. The summed E-state index contributed by atoms with van der Waals surface area (Å²) in [6.45, 7) is -0.0835. The standard InChI is InChI=1S/C60H37BN2O2Si/c1-3-16-41(17-4-1)66(42-18-5-2-6-19-42)43-20-13-15-38(33-43)39-29-32-56-50(34-39)61-49-24-9-12-28-55(49)64-57-35-40(36-58(65-56)59(57)61)62-51-25-10-7-21-45(51)47-23-14-27-54(60(47)62)63-52-26-11-8-22-46(52)48-37-44(66)30-31-53(48)63/h1-37H. The van der Waals surface area contributed by atoms with Gasteiger partial charge in [-0.05, 0) is 79.2 Å². The lowest BCUT2D eigenvalue weighted by Crippen LogP contribution is -2.74. The fraction of sp³-hybridized carbons (Fsp3) is 0. The van der Waals surface area contributed by atoms with E-state index in [2.05, 4.69) is 234 Å². The van der Waals surface area contributed by atoms with E-state index in [0.29, 0.717) is 0 Å². The van der Waals surface area contributed by atoms with Crippen molar-refractivity contribution in [2.24, 2.45) is 0 Å². The smallest absolute Gasteiger partial charge is 0.260 e. The van der Waals surface area contributed by atoms with Gasteiger partial charge in [-0.2, -0.15) is 0 Å². The number of para-hydroxylation sites is 4. The molecule has 0 aliphatic carbocycles. The summed E-state index contributed by atoms with van der Waals surface area (Å²) in [4.78, 5) is 0. The van der Waals surface area contributed by atoms with E-state index in [1.165, 1.54) is 47.9 Å². The third-order valence-electron chi connectivity index (χ3n) is 14.7. The number of aromatic nitrogens is 2. The van der Waals surface area contributed by atoms with Crippen LogP contribution in [0.15, 0.2) is 224 Å². The lowest BCUT2D eigenvalue weighted by Gasteiger charge is -2.35. The van der Waals surface area contributed by atoms with E-state index >= 15 is 0 Å². The van der Waals surface area contributed by atoms with Gasteiger partial charge in [-0.3, -0.25) is 0 Å². The van der Waals surface area contributed by atoms with E-state index in [0.717, 1.165) is 78.4 Å². The molecule has 8 aliphatic heterocycles. The summed E-state index contributed by atoms with van der Waals surface area (Å²) in [6, 6.07) is 83.6. The van der Waals surface area contributed by atoms with Gasteiger partial charge in [0.15, 0.2) is 8.07 Å². The maximum absolute atomic E-state index is 7.11. The SMILES string of the molecule is c1ccc([Si]2(c3ccccc3)c3cccc(c3)-c3ccc4c(c3)B3c5ccccc5Oc5cc(cc(c53)O4)-n3c4ccccc4c4cccc(c43)-n3c4ccccc4c4cc2ccc43)cc1. The Morgan fingerprint density at radius 1 is 0.348 bits per heavy atom. The summed E-state index contributed by atoms with van der Waals surface area (Å²) in [5.74, 6) is 3.36. The normalized spacial score (nSPS) is 13.8. The monoisotopic (exact) mass is 856 g/mol. The quantitative estimate of drug-likeness (QED) is 0.162. The Morgan fingerprint density at radius 2 is 0.924 bits per heavy atom. The van der Waals surface area contributed by atoms with Crippen LogP contribution in [-0.4, -0.2) is 23.9 Å². The van der Waals surface area contributed by atoms with E-state index < -0.39 is 8.07 Å². The highest BCUT2D eigenvalue weighted by molar-refractivity contribution is 7.20. The molecule has 12 aromatic rings. The van der Waals surface area contributed by atoms with Gasteiger partial charge in [-0.25, -0.2) is 0 Å². The van der Waals surface area contributed by atoms with Crippen LogP contribution in [0.5, 0.6) is 23.0 Å². The molecule has 10 aromatic carbocycles. The summed E-state index contributed by atoms with van der Waals surface area (Å²) in [6.07, 6.45) is 0. The number of hydrogen-bond donors (Lipinski definition) is 0. The van der Waals surface area contributed by atoms with Crippen molar-refractivity contribution >= 4 is 95.5 Å². The lowest BCUT2D eigenvalue weighted by molar-refractivity contribution is 0.464.